The molecule has 1 fully saturated rings. The van der Waals surface area contributed by atoms with Crippen molar-refractivity contribution in [3.05, 3.63) is 64.1 Å². The van der Waals surface area contributed by atoms with E-state index in [4.69, 9.17) is 4.74 Å². The van der Waals surface area contributed by atoms with Gasteiger partial charge in [-0.2, -0.15) is 0 Å². The van der Waals surface area contributed by atoms with E-state index in [1.165, 1.54) is 6.07 Å². The van der Waals surface area contributed by atoms with Crippen LogP contribution in [0.1, 0.15) is 28.8 Å². The molecule has 0 unspecified atom stereocenters. The van der Waals surface area contributed by atoms with Crippen molar-refractivity contribution < 1.29 is 14.6 Å². The Hall–Kier alpha value is -1.85. The van der Waals surface area contributed by atoms with Gasteiger partial charge in [0.05, 0.1) is 18.3 Å². The van der Waals surface area contributed by atoms with Crippen LogP contribution in [0.15, 0.2) is 53.0 Å². The van der Waals surface area contributed by atoms with Crippen LogP contribution in [0.2, 0.25) is 0 Å². The highest BCUT2D eigenvalue weighted by Crippen LogP contribution is 2.25. The molecule has 1 saturated heterocycles. The molecule has 0 atom stereocenters. The van der Waals surface area contributed by atoms with Crippen molar-refractivity contribution in [2.24, 2.45) is 0 Å². The molecule has 0 spiro atoms. The van der Waals surface area contributed by atoms with Gasteiger partial charge < -0.3 is 14.7 Å². The third kappa shape index (κ3) is 4.16. The summed E-state index contributed by atoms with van der Waals surface area (Å²) in [6.45, 7) is 1.89. The number of phenolic OH excluding ortho intramolecular Hbond substituents is 1. The van der Waals surface area contributed by atoms with Crippen LogP contribution in [0.3, 0.4) is 0 Å². The number of rotatable bonds is 4. The van der Waals surface area contributed by atoms with Gasteiger partial charge in [-0.3, -0.25) is 4.79 Å². The van der Waals surface area contributed by atoms with Crippen molar-refractivity contribution in [1.82, 2.24) is 4.90 Å². The maximum absolute atomic E-state index is 12.6. The quantitative estimate of drug-likeness (QED) is 0.860. The van der Waals surface area contributed by atoms with E-state index in [1.807, 2.05) is 18.2 Å². The SMILES string of the molecule is O=C(c1cc(Br)ccc1O)N1CCC(OCc2ccccc2)CC1. The topological polar surface area (TPSA) is 49.8 Å². The number of piperidine rings is 1. The molecule has 2 aromatic carbocycles. The summed E-state index contributed by atoms with van der Waals surface area (Å²) >= 11 is 3.34. The van der Waals surface area contributed by atoms with Crippen LogP contribution >= 0.6 is 15.9 Å². The van der Waals surface area contributed by atoms with Gasteiger partial charge in [0.15, 0.2) is 0 Å². The highest BCUT2D eigenvalue weighted by atomic mass is 79.9. The van der Waals surface area contributed by atoms with Crippen LogP contribution in [-0.4, -0.2) is 35.1 Å². The smallest absolute Gasteiger partial charge is 0.257 e. The molecule has 1 aliphatic heterocycles. The van der Waals surface area contributed by atoms with Crippen molar-refractivity contribution >= 4 is 21.8 Å². The van der Waals surface area contributed by atoms with E-state index in [-0.39, 0.29) is 17.8 Å². The summed E-state index contributed by atoms with van der Waals surface area (Å²) in [7, 11) is 0. The predicted molar refractivity (Wildman–Crippen MR) is 96.0 cm³/mol. The third-order valence-electron chi connectivity index (χ3n) is 4.25. The summed E-state index contributed by atoms with van der Waals surface area (Å²) < 4.78 is 6.73. The lowest BCUT2D eigenvalue weighted by atomic mass is 10.1. The Labute approximate surface area is 150 Å². The summed E-state index contributed by atoms with van der Waals surface area (Å²) in [5.41, 5.74) is 1.50. The first-order valence-corrected chi connectivity index (χ1v) is 8.86. The van der Waals surface area contributed by atoms with E-state index in [0.29, 0.717) is 25.3 Å². The molecule has 1 aliphatic rings. The van der Waals surface area contributed by atoms with Gasteiger partial charge in [0.25, 0.3) is 5.91 Å². The number of halogens is 1. The third-order valence-corrected chi connectivity index (χ3v) is 4.74. The lowest BCUT2D eigenvalue weighted by Gasteiger charge is -2.32. The molecular weight excluding hydrogens is 370 g/mol. The largest absolute Gasteiger partial charge is 0.507 e. The van der Waals surface area contributed by atoms with Gasteiger partial charge in [-0.25, -0.2) is 0 Å². The fourth-order valence-corrected chi connectivity index (χ4v) is 3.22. The fourth-order valence-electron chi connectivity index (χ4n) is 2.86. The molecule has 1 heterocycles. The van der Waals surface area contributed by atoms with Crippen LogP contribution < -0.4 is 0 Å². The van der Waals surface area contributed by atoms with Crippen LogP contribution in [0.25, 0.3) is 0 Å². The molecule has 0 bridgehead atoms. The zero-order valence-electron chi connectivity index (χ0n) is 13.3. The van der Waals surface area contributed by atoms with E-state index in [2.05, 4.69) is 28.1 Å². The zero-order valence-corrected chi connectivity index (χ0v) is 14.9. The standard InChI is InChI=1S/C19H20BrNO3/c20-15-6-7-18(22)17(12-15)19(23)21-10-8-16(9-11-21)24-13-14-4-2-1-3-5-14/h1-7,12,16,22H,8-11,13H2. The van der Waals surface area contributed by atoms with Crippen LogP contribution in [0, 0.1) is 0 Å². The number of ether oxygens (including phenoxy) is 1. The van der Waals surface area contributed by atoms with Crippen molar-refractivity contribution in [3.63, 3.8) is 0 Å². The Kier molecular flexibility index (Phi) is 5.53. The van der Waals surface area contributed by atoms with E-state index in [0.717, 1.165) is 22.9 Å². The molecule has 4 nitrogen and oxygen atoms in total. The van der Waals surface area contributed by atoms with Crippen molar-refractivity contribution in [3.8, 4) is 5.75 Å². The monoisotopic (exact) mass is 389 g/mol. The molecule has 24 heavy (non-hydrogen) atoms. The molecule has 2 aromatic rings. The first-order valence-electron chi connectivity index (χ1n) is 8.07. The summed E-state index contributed by atoms with van der Waals surface area (Å²) in [6.07, 6.45) is 1.80. The lowest BCUT2D eigenvalue weighted by Crippen LogP contribution is -2.40. The van der Waals surface area contributed by atoms with E-state index >= 15 is 0 Å². The maximum atomic E-state index is 12.6. The van der Waals surface area contributed by atoms with Gasteiger partial charge in [-0.15, -0.1) is 0 Å². The molecule has 126 valence electrons. The molecule has 0 radical (unpaired) electrons. The number of carbonyl (C=O) groups is 1. The summed E-state index contributed by atoms with van der Waals surface area (Å²) in [4.78, 5) is 14.3. The normalized spacial score (nSPS) is 15.5. The first-order chi connectivity index (χ1) is 11.6. The molecule has 0 saturated carbocycles. The molecule has 0 aromatic heterocycles. The van der Waals surface area contributed by atoms with Gasteiger partial charge in [0, 0.05) is 17.6 Å². The van der Waals surface area contributed by atoms with Crippen LogP contribution in [0.5, 0.6) is 5.75 Å². The summed E-state index contributed by atoms with van der Waals surface area (Å²) in [5.74, 6) is -0.110. The fraction of sp³-hybridized carbons (Fsp3) is 0.316. The Bertz CT molecular complexity index is 697. The number of hydrogen-bond acceptors (Lipinski definition) is 3. The Morgan fingerprint density at radius 2 is 1.88 bits per heavy atom. The minimum Gasteiger partial charge on any atom is -0.507 e. The number of aromatic hydroxyl groups is 1. The number of benzene rings is 2. The average Bonchev–Trinajstić information content (AvgIpc) is 2.63. The Morgan fingerprint density at radius 1 is 1.17 bits per heavy atom. The number of carbonyl (C=O) groups excluding carboxylic acids is 1. The van der Waals surface area contributed by atoms with E-state index in [1.54, 1.807) is 17.0 Å². The van der Waals surface area contributed by atoms with Crippen LogP contribution in [-0.2, 0) is 11.3 Å². The number of nitrogens with zero attached hydrogens (tertiary/aromatic N) is 1. The number of phenols is 1. The average molecular weight is 390 g/mol. The van der Waals surface area contributed by atoms with Gasteiger partial charge in [0.1, 0.15) is 5.75 Å². The zero-order chi connectivity index (χ0) is 16.9. The number of likely N-dealkylation sites (tertiary alicyclic amines) is 1. The van der Waals surface area contributed by atoms with Gasteiger partial charge in [-0.05, 0) is 36.6 Å². The van der Waals surface area contributed by atoms with Gasteiger partial charge in [0.2, 0.25) is 0 Å². The van der Waals surface area contributed by atoms with E-state index in [9.17, 15) is 9.90 Å². The van der Waals surface area contributed by atoms with Crippen molar-refractivity contribution in [2.75, 3.05) is 13.1 Å². The van der Waals surface area contributed by atoms with E-state index < -0.39 is 0 Å². The highest BCUT2D eigenvalue weighted by molar-refractivity contribution is 9.10. The summed E-state index contributed by atoms with van der Waals surface area (Å²) in [6, 6.07) is 15.0. The number of hydrogen-bond donors (Lipinski definition) is 1. The van der Waals surface area contributed by atoms with Gasteiger partial charge >= 0.3 is 0 Å². The first kappa shape index (κ1) is 17.0. The molecule has 1 amide bonds. The van der Waals surface area contributed by atoms with Crippen molar-refractivity contribution in [2.45, 2.75) is 25.6 Å². The highest BCUT2D eigenvalue weighted by Gasteiger charge is 2.25. The minimum absolute atomic E-state index is 0.0191. The second kappa shape index (κ2) is 7.81. The Balaban J connectivity index is 1.53. The molecule has 0 aliphatic carbocycles. The Morgan fingerprint density at radius 3 is 2.58 bits per heavy atom. The molecule has 5 heteroatoms. The predicted octanol–water partition coefficient (Wildman–Crippen LogP) is 3.98. The molecule has 3 rings (SSSR count). The van der Waals surface area contributed by atoms with Gasteiger partial charge in [-0.1, -0.05) is 46.3 Å². The lowest BCUT2D eigenvalue weighted by molar-refractivity contribution is -0.000429. The molecular formula is C19H20BrNO3. The number of amides is 1. The minimum atomic E-state index is -0.129. The maximum Gasteiger partial charge on any atom is 0.257 e. The summed E-state index contributed by atoms with van der Waals surface area (Å²) in [5, 5.41) is 9.91. The second-order valence-electron chi connectivity index (χ2n) is 5.95. The van der Waals surface area contributed by atoms with Crippen molar-refractivity contribution in [1.29, 1.82) is 0 Å². The second-order valence-corrected chi connectivity index (χ2v) is 6.87. The van der Waals surface area contributed by atoms with Crippen LogP contribution in [0.4, 0.5) is 0 Å². The molecule has 1 N–H and O–H groups in total.